The number of hydrogen-bond acceptors (Lipinski definition) is 6. The Balaban J connectivity index is 4.48. The first-order chi connectivity index (χ1) is 26.5. The molecule has 0 aromatic heterocycles. The first kappa shape index (κ1) is 51.4. The van der Waals surface area contributed by atoms with Crippen LogP contribution in [0.15, 0.2) is 48.6 Å². The van der Waals surface area contributed by atoms with E-state index in [9.17, 15) is 14.4 Å². The van der Waals surface area contributed by atoms with Crippen molar-refractivity contribution in [3.05, 3.63) is 48.6 Å². The Labute approximate surface area is 333 Å². The Bertz CT molecular complexity index is 964. The molecule has 0 aliphatic carbocycles. The number of carbonyl (C=O) groups is 3. The lowest BCUT2D eigenvalue weighted by molar-refractivity contribution is -0.166. The summed E-state index contributed by atoms with van der Waals surface area (Å²) in [5.41, 5.74) is 0. The SMILES string of the molecule is CCCC/C=C\C=C/CCCCCC(=O)OCC(COC(=O)CC/C=C\C/C=C\CCCCCCCC)OC(=O)CCCCCCCCCCCCCC. The Morgan fingerprint density at radius 1 is 0.389 bits per heavy atom. The van der Waals surface area contributed by atoms with Gasteiger partial charge in [-0.15, -0.1) is 0 Å². The Hall–Kier alpha value is -2.63. The minimum absolute atomic E-state index is 0.103. The molecule has 0 aromatic carbocycles. The van der Waals surface area contributed by atoms with Crippen molar-refractivity contribution in [2.45, 2.75) is 226 Å². The third-order valence-corrected chi connectivity index (χ3v) is 9.60. The van der Waals surface area contributed by atoms with Crippen LogP contribution in [0.25, 0.3) is 0 Å². The second-order valence-electron chi connectivity index (χ2n) is 15.0. The Morgan fingerprint density at radius 3 is 1.31 bits per heavy atom. The number of rotatable bonds is 40. The third-order valence-electron chi connectivity index (χ3n) is 9.60. The van der Waals surface area contributed by atoms with Crippen LogP contribution in [0.1, 0.15) is 220 Å². The van der Waals surface area contributed by atoms with E-state index in [0.29, 0.717) is 19.3 Å². The fraction of sp³-hybridized carbons (Fsp3) is 0.771. The van der Waals surface area contributed by atoms with Crippen LogP contribution >= 0.6 is 0 Å². The molecule has 54 heavy (non-hydrogen) atoms. The lowest BCUT2D eigenvalue weighted by atomic mass is 10.0. The molecule has 0 bridgehead atoms. The van der Waals surface area contributed by atoms with Crippen molar-refractivity contribution in [3.63, 3.8) is 0 Å². The maximum Gasteiger partial charge on any atom is 0.306 e. The minimum Gasteiger partial charge on any atom is -0.462 e. The number of esters is 3. The van der Waals surface area contributed by atoms with Crippen LogP contribution in [0.4, 0.5) is 0 Å². The topological polar surface area (TPSA) is 78.9 Å². The number of allylic oxidation sites excluding steroid dienone is 8. The molecule has 0 aliphatic rings. The molecule has 0 N–H and O–H groups in total. The Kier molecular flexibility index (Phi) is 41.0. The van der Waals surface area contributed by atoms with E-state index < -0.39 is 6.10 Å². The van der Waals surface area contributed by atoms with Gasteiger partial charge in [0.15, 0.2) is 6.10 Å². The van der Waals surface area contributed by atoms with Crippen LogP contribution in [0.3, 0.4) is 0 Å². The first-order valence-corrected chi connectivity index (χ1v) is 22.7. The molecule has 6 heteroatoms. The molecule has 1 atom stereocenters. The monoisotopic (exact) mass is 757 g/mol. The van der Waals surface area contributed by atoms with Gasteiger partial charge in [-0.1, -0.05) is 191 Å². The molecule has 0 aromatic rings. The highest BCUT2D eigenvalue weighted by atomic mass is 16.6. The van der Waals surface area contributed by atoms with Crippen molar-refractivity contribution in [1.82, 2.24) is 0 Å². The molecule has 0 rings (SSSR count). The van der Waals surface area contributed by atoms with Crippen molar-refractivity contribution < 1.29 is 28.6 Å². The summed E-state index contributed by atoms with van der Waals surface area (Å²) in [6.45, 7) is 6.48. The maximum atomic E-state index is 12.7. The normalized spacial score (nSPS) is 12.4. The maximum absolute atomic E-state index is 12.7. The summed E-state index contributed by atoms with van der Waals surface area (Å²) < 4.78 is 16.6. The van der Waals surface area contributed by atoms with Crippen LogP contribution in [-0.4, -0.2) is 37.2 Å². The Morgan fingerprint density at radius 2 is 0.778 bits per heavy atom. The molecule has 0 fully saturated rings. The van der Waals surface area contributed by atoms with Gasteiger partial charge in [-0.05, 0) is 57.8 Å². The zero-order valence-corrected chi connectivity index (χ0v) is 35.5. The second-order valence-corrected chi connectivity index (χ2v) is 15.0. The van der Waals surface area contributed by atoms with Crippen LogP contribution in [0.2, 0.25) is 0 Å². The molecule has 0 radical (unpaired) electrons. The van der Waals surface area contributed by atoms with Crippen LogP contribution < -0.4 is 0 Å². The standard InChI is InChI=1S/C48H84O6/c1-4-7-10-13-16-19-22-24-27-29-32-35-38-41-47(50)53-44-45(43-52-46(49)40-37-34-31-28-25-21-18-15-12-9-6-3)54-48(51)42-39-36-33-30-26-23-20-17-14-11-8-5-2/h15,18,21,24-25,27,32,35,45H,4-14,16-17,19-20,22-23,26,28-31,33-34,36-44H2,1-3H3/b18-15-,25-21-,27-24-,35-32-. The van der Waals surface area contributed by atoms with Crippen molar-refractivity contribution >= 4 is 17.9 Å². The van der Waals surface area contributed by atoms with E-state index >= 15 is 0 Å². The minimum atomic E-state index is -0.800. The summed E-state index contributed by atoms with van der Waals surface area (Å²) in [5.74, 6) is -0.999. The van der Waals surface area contributed by atoms with Crippen molar-refractivity contribution in [1.29, 1.82) is 0 Å². The summed E-state index contributed by atoms with van der Waals surface area (Å²) in [4.78, 5) is 37.6. The van der Waals surface area contributed by atoms with Crippen molar-refractivity contribution in [2.24, 2.45) is 0 Å². The van der Waals surface area contributed by atoms with Gasteiger partial charge >= 0.3 is 17.9 Å². The van der Waals surface area contributed by atoms with Gasteiger partial charge in [-0.2, -0.15) is 0 Å². The van der Waals surface area contributed by atoms with Crippen molar-refractivity contribution in [3.8, 4) is 0 Å². The van der Waals surface area contributed by atoms with E-state index in [-0.39, 0.29) is 37.5 Å². The predicted molar refractivity (Wildman–Crippen MR) is 229 cm³/mol. The van der Waals surface area contributed by atoms with Crippen LogP contribution in [0, 0.1) is 0 Å². The van der Waals surface area contributed by atoms with Crippen molar-refractivity contribution in [2.75, 3.05) is 13.2 Å². The van der Waals surface area contributed by atoms with Gasteiger partial charge in [0, 0.05) is 19.3 Å². The fourth-order valence-electron chi connectivity index (χ4n) is 6.12. The second kappa shape index (κ2) is 43.1. The van der Waals surface area contributed by atoms with Gasteiger partial charge in [0.05, 0.1) is 0 Å². The lowest BCUT2D eigenvalue weighted by Crippen LogP contribution is -2.30. The molecular weight excluding hydrogens is 673 g/mol. The van der Waals surface area contributed by atoms with Gasteiger partial charge < -0.3 is 14.2 Å². The fourth-order valence-corrected chi connectivity index (χ4v) is 6.12. The summed E-state index contributed by atoms with van der Waals surface area (Å²) in [6.07, 6.45) is 49.6. The third kappa shape index (κ3) is 40.6. The van der Waals surface area contributed by atoms with E-state index in [0.717, 1.165) is 64.2 Å². The first-order valence-electron chi connectivity index (χ1n) is 22.7. The average Bonchev–Trinajstić information content (AvgIpc) is 3.17. The number of carbonyl (C=O) groups excluding carboxylic acids is 3. The highest BCUT2D eigenvalue weighted by molar-refractivity contribution is 5.71. The van der Waals surface area contributed by atoms with Gasteiger partial charge in [-0.3, -0.25) is 14.4 Å². The predicted octanol–water partition coefficient (Wildman–Crippen LogP) is 14.4. The summed E-state index contributed by atoms with van der Waals surface area (Å²) >= 11 is 0. The van der Waals surface area contributed by atoms with E-state index in [4.69, 9.17) is 14.2 Å². The summed E-state index contributed by atoms with van der Waals surface area (Å²) in [7, 11) is 0. The average molecular weight is 757 g/mol. The van der Waals surface area contributed by atoms with Gasteiger partial charge in [0.25, 0.3) is 0 Å². The molecule has 0 saturated carbocycles. The molecule has 0 amide bonds. The van der Waals surface area contributed by atoms with Crippen LogP contribution in [-0.2, 0) is 28.6 Å². The molecular formula is C48H84O6. The van der Waals surface area contributed by atoms with Gasteiger partial charge in [-0.25, -0.2) is 0 Å². The van der Waals surface area contributed by atoms with E-state index in [1.54, 1.807) is 0 Å². The van der Waals surface area contributed by atoms with Gasteiger partial charge in [0.2, 0.25) is 0 Å². The van der Waals surface area contributed by atoms with Crippen LogP contribution in [0.5, 0.6) is 0 Å². The van der Waals surface area contributed by atoms with Gasteiger partial charge in [0.1, 0.15) is 13.2 Å². The molecule has 6 nitrogen and oxygen atoms in total. The smallest absolute Gasteiger partial charge is 0.306 e. The molecule has 312 valence electrons. The molecule has 0 heterocycles. The van der Waals surface area contributed by atoms with E-state index in [1.807, 2.05) is 6.08 Å². The van der Waals surface area contributed by atoms with E-state index in [2.05, 4.69) is 63.3 Å². The number of hydrogen-bond donors (Lipinski definition) is 0. The highest BCUT2D eigenvalue weighted by Crippen LogP contribution is 2.14. The zero-order valence-electron chi connectivity index (χ0n) is 35.5. The molecule has 0 spiro atoms. The summed E-state index contributed by atoms with van der Waals surface area (Å²) in [5, 5.41) is 0. The largest absolute Gasteiger partial charge is 0.462 e. The summed E-state index contributed by atoms with van der Waals surface area (Å²) in [6, 6.07) is 0. The molecule has 0 aliphatic heterocycles. The van der Waals surface area contributed by atoms with E-state index in [1.165, 1.54) is 109 Å². The quantitative estimate of drug-likeness (QED) is 0.0204. The molecule has 0 saturated heterocycles. The number of ether oxygens (including phenoxy) is 3. The lowest BCUT2D eigenvalue weighted by Gasteiger charge is -2.18. The highest BCUT2D eigenvalue weighted by Gasteiger charge is 2.19. The zero-order chi connectivity index (χ0) is 39.4. The number of unbranched alkanes of at least 4 members (excludes halogenated alkanes) is 22. The molecule has 1 unspecified atom stereocenters.